The number of hydrazine groups is 1. The minimum absolute atomic E-state index is 0.0555. The van der Waals surface area contributed by atoms with Gasteiger partial charge in [-0.2, -0.15) is 0 Å². The molecule has 0 aliphatic rings. The fraction of sp³-hybridized carbons (Fsp3) is 0.273. The average molecular weight is 458 g/mol. The topological polar surface area (TPSA) is 135 Å². The van der Waals surface area contributed by atoms with E-state index in [0.717, 1.165) is 0 Å². The van der Waals surface area contributed by atoms with Crippen LogP contribution in [0.25, 0.3) is 0 Å². The molecule has 0 saturated carbocycles. The lowest BCUT2D eigenvalue weighted by Crippen LogP contribution is -2.47. The Bertz CT molecular complexity index is 1030. The highest BCUT2D eigenvalue weighted by Gasteiger charge is 2.22. The van der Waals surface area contributed by atoms with E-state index in [2.05, 4.69) is 21.2 Å². The lowest BCUT2D eigenvalue weighted by atomic mass is 10.1. The van der Waals surface area contributed by atoms with Gasteiger partial charge in [-0.3, -0.25) is 28.9 Å². The van der Waals surface area contributed by atoms with E-state index in [0.29, 0.717) is 5.17 Å². The quantitative estimate of drug-likeness (QED) is 0.540. The molecule has 0 fully saturated rings. The van der Waals surface area contributed by atoms with Gasteiger partial charge in [0.1, 0.15) is 0 Å². The molecule has 2 aromatic carbocycles. The zero-order valence-electron chi connectivity index (χ0n) is 18.9. The highest BCUT2D eigenvalue weighted by molar-refractivity contribution is 5.99. The first kappa shape index (κ1) is 25.3. The molecule has 0 aromatic heterocycles. The van der Waals surface area contributed by atoms with Crippen molar-refractivity contribution in [2.45, 2.75) is 33.3 Å². The Hall–Kier alpha value is -3.96. The first-order chi connectivity index (χ1) is 15.5. The molecule has 0 spiro atoms. The van der Waals surface area contributed by atoms with E-state index in [1.54, 1.807) is 20.8 Å². The summed E-state index contributed by atoms with van der Waals surface area (Å²) in [6.07, 6.45) is 0. The van der Waals surface area contributed by atoms with Crippen molar-refractivity contribution in [1.29, 1.82) is 0 Å². The van der Waals surface area contributed by atoms with E-state index in [-0.39, 0.29) is 22.4 Å². The molecule has 11 heteroatoms. The van der Waals surface area contributed by atoms with Crippen LogP contribution < -0.4 is 21.2 Å². The summed E-state index contributed by atoms with van der Waals surface area (Å²) in [6, 6.07) is 11.6. The van der Waals surface area contributed by atoms with Crippen molar-refractivity contribution in [3.05, 3.63) is 65.2 Å². The zero-order valence-corrected chi connectivity index (χ0v) is 18.9. The minimum atomic E-state index is -0.761. The van der Waals surface area contributed by atoms with Gasteiger partial charge in [-0.05, 0) is 57.2 Å². The van der Waals surface area contributed by atoms with Crippen LogP contribution in [0.2, 0.25) is 0 Å². The van der Waals surface area contributed by atoms with Gasteiger partial charge in [-0.15, -0.1) is 0 Å². The largest absolute Gasteiger partial charge is 0.356 e. The maximum atomic E-state index is 13.0. The van der Waals surface area contributed by atoms with Gasteiger partial charge in [0.15, 0.2) is 5.75 Å². The molecule has 11 nitrogen and oxygen atoms in total. The van der Waals surface area contributed by atoms with Gasteiger partial charge in [-0.1, -0.05) is 17.3 Å². The number of amides is 4. The van der Waals surface area contributed by atoms with Crippen LogP contribution in [-0.4, -0.2) is 41.5 Å². The second-order valence-corrected chi connectivity index (χ2v) is 7.75. The highest BCUT2D eigenvalue weighted by atomic mass is 16.7. The van der Waals surface area contributed by atoms with Crippen molar-refractivity contribution >= 4 is 23.6 Å². The molecule has 2 aromatic rings. The number of hydroxylamine groups is 3. The maximum absolute atomic E-state index is 13.0. The van der Waals surface area contributed by atoms with Gasteiger partial charge in [0.25, 0.3) is 11.8 Å². The molecule has 0 saturated heterocycles. The van der Waals surface area contributed by atoms with Crippen molar-refractivity contribution in [3.8, 4) is 5.75 Å². The zero-order chi connectivity index (χ0) is 24.6. The lowest BCUT2D eigenvalue weighted by Gasteiger charge is -2.22. The van der Waals surface area contributed by atoms with Crippen LogP contribution in [0.3, 0.4) is 0 Å². The summed E-state index contributed by atoms with van der Waals surface area (Å²) < 4.78 is 0. The number of nitrogens with one attached hydrogen (secondary N) is 3. The van der Waals surface area contributed by atoms with Crippen LogP contribution in [0.4, 0.5) is 0 Å². The Labute approximate surface area is 190 Å². The van der Waals surface area contributed by atoms with E-state index in [1.807, 2.05) is 0 Å². The molecule has 2 rings (SSSR count). The fourth-order valence-corrected chi connectivity index (χ4v) is 2.38. The average Bonchev–Trinajstić information content (AvgIpc) is 2.76. The van der Waals surface area contributed by atoms with Gasteiger partial charge in [-0.25, -0.2) is 16.4 Å². The van der Waals surface area contributed by atoms with Crippen molar-refractivity contribution < 1.29 is 33.7 Å². The Morgan fingerprint density at radius 1 is 0.848 bits per heavy atom. The normalized spacial score (nSPS) is 10.7. The SMILES string of the molecule is CONC(=O)c1cccc(C(=O)N(NC(C)=O)Oc2cccc(C(=O)NOC(C)(C)C)c2)c1. The van der Waals surface area contributed by atoms with Crippen molar-refractivity contribution in [2.75, 3.05) is 7.11 Å². The van der Waals surface area contributed by atoms with Gasteiger partial charge >= 0.3 is 5.91 Å². The van der Waals surface area contributed by atoms with E-state index >= 15 is 0 Å². The van der Waals surface area contributed by atoms with Crippen LogP contribution >= 0.6 is 0 Å². The molecule has 3 N–H and O–H groups in total. The second-order valence-electron chi connectivity index (χ2n) is 7.75. The smallest absolute Gasteiger partial charge is 0.308 e. The summed E-state index contributed by atoms with van der Waals surface area (Å²) in [4.78, 5) is 64.3. The number of carbonyl (C=O) groups excluding carboxylic acids is 4. The molecule has 0 radical (unpaired) electrons. The molecular weight excluding hydrogens is 432 g/mol. The molecular formula is C22H26N4O7. The Morgan fingerprint density at radius 2 is 1.42 bits per heavy atom. The Balaban J connectivity index is 2.24. The number of hydrogen-bond acceptors (Lipinski definition) is 7. The number of carbonyl (C=O) groups is 4. The first-order valence-corrected chi connectivity index (χ1v) is 9.81. The number of hydrogen-bond donors (Lipinski definition) is 3. The van der Waals surface area contributed by atoms with E-state index in [4.69, 9.17) is 9.68 Å². The minimum Gasteiger partial charge on any atom is -0.356 e. The fourth-order valence-electron chi connectivity index (χ4n) is 2.38. The summed E-state index contributed by atoms with van der Waals surface area (Å²) in [5, 5.41) is 0.609. The third kappa shape index (κ3) is 7.91. The van der Waals surface area contributed by atoms with Crippen LogP contribution in [0.15, 0.2) is 48.5 Å². The summed E-state index contributed by atoms with van der Waals surface area (Å²) in [6.45, 7) is 6.52. The predicted molar refractivity (Wildman–Crippen MR) is 116 cm³/mol. The summed E-state index contributed by atoms with van der Waals surface area (Å²) >= 11 is 0. The van der Waals surface area contributed by atoms with Gasteiger partial charge < -0.3 is 4.84 Å². The van der Waals surface area contributed by atoms with E-state index in [9.17, 15) is 19.2 Å². The molecule has 0 unspecified atom stereocenters. The molecule has 176 valence electrons. The molecule has 0 bridgehead atoms. The third-order valence-corrected chi connectivity index (χ3v) is 3.75. The van der Waals surface area contributed by atoms with Crippen molar-refractivity contribution in [2.24, 2.45) is 0 Å². The first-order valence-electron chi connectivity index (χ1n) is 9.81. The van der Waals surface area contributed by atoms with Crippen LogP contribution in [0.5, 0.6) is 5.75 Å². The van der Waals surface area contributed by atoms with Crippen LogP contribution in [0.1, 0.15) is 58.8 Å². The molecule has 0 aliphatic heterocycles. The second kappa shape index (κ2) is 11.1. The molecule has 0 aliphatic carbocycles. The lowest BCUT2D eigenvalue weighted by molar-refractivity contribution is -0.136. The Kier molecular flexibility index (Phi) is 8.49. The summed E-state index contributed by atoms with van der Waals surface area (Å²) in [7, 11) is 1.28. The molecule has 33 heavy (non-hydrogen) atoms. The number of benzene rings is 2. The van der Waals surface area contributed by atoms with Gasteiger partial charge in [0.2, 0.25) is 5.91 Å². The summed E-state index contributed by atoms with van der Waals surface area (Å²) in [5.74, 6) is -2.33. The number of nitrogens with zero attached hydrogens (tertiary/aromatic N) is 1. The van der Waals surface area contributed by atoms with E-state index in [1.165, 1.54) is 62.6 Å². The highest BCUT2D eigenvalue weighted by Crippen LogP contribution is 2.17. The van der Waals surface area contributed by atoms with Gasteiger partial charge in [0.05, 0.1) is 12.7 Å². The Morgan fingerprint density at radius 3 is 2.03 bits per heavy atom. The predicted octanol–water partition coefficient (Wildman–Crippen LogP) is 1.92. The van der Waals surface area contributed by atoms with Crippen LogP contribution in [0, 0.1) is 0 Å². The molecule has 0 heterocycles. The van der Waals surface area contributed by atoms with E-state index < -0.39 is 29.2 Å². The summed E-state index contributed by atoms with van der Waals surface area (Å²) in [5.41, 5.74) is 6.57. The van der Waals surface area contributed by atoms with Crippen molar-refractivity contribution in [1.82, 2.24) is 21.6 Å². The van der Waals surface area contributed by atoms with Crippen LogP contribution in [-0.2, 0) is 14.5 Å². The number of rotatable bonds is 7. The third-order valence-electron chi connectivity index (χ3n) is 3.75. The molecule has 4 amide bonds. The molecule has 0 atom stereocenters. The van der Waals surface area contributed by atoms with Gasteiger partial charge in [0, 0.05) is 23.6 Å². The monoisotopic (exact) mass is 458 g/mol. The maximum Gasteiger partial charge on any atom is 0.308 e. The van der Waals surface area contributed by atoms with Crippen molar-refractivity contribution in [3.63, 3.8) is 0 Å². The standard InChI is InChI=1S/C22H26N4O7/c1-14(27)23-26(21(30)17-10-6-8-15(12-17)19(28)24-31-5)32-18-11-7-9-16(13-18)20(29)25-33-22(2,3)4/h6-13H,1-5H3,(H,23,27)(H,24,28)(H,25,29).